The third kappa shape index (κ3) is 8.27. The van der Waals surface area contributed by atoms with Crippen molar-refractivity contribution in [2.75, 3.05) is 0 Å². The molecule has 10 heteroatoms. The molecule has 0 radical (unpaired) electrons. The van der Waals surface area contributed by atoms with Crippen molar-refractivity contribution >= 4 is 28.3 Å². The summed E-state index contributed by atoms with van der Waals surface area (Å²) in [6.07, 6.45) is 4.72. The second-order valence-electron chi connectivity index (χ2n) is 13.8. The maximum atomic E-state index is 14.0. The Labute approximate surface area is 273 Å². The Morgan fingerprint density at radius 3 is 2.36 bits per heavy atom. The number of ketones is 3. The molecule has 1 saturated carbocycles. The summed E-state index contributed by atoms with van der Waals surface area (Å²) >= 11 is 0. The molecular weight excluding hydrogens is 605 g/mol. The van der Waals surface area contributed by atoms with Gasteiger partial charge >= 0.3 is 6.18 Å². The molecule has 1 aliphatic rings. The predicted molar refractivity (Wildman–Crippen MR) is 175 cm³/mol. The molecule has 7 nitrogen and oxygen atoms in total. The molecule has 3 N–H and O–H groups in total. The number of aromatic nitrogens is 3. The first-order chi connectivity index (χ1) is 22.2. The lowest BCUT2D eigenvalue weighted by Gasteiger charge is -2.29. The number of imidazole rings is 1. The number of carbonyl (C=O) groups excluding carboxylic acids is 3. The molecule has 0 bridgehead atoms. The second kappa shape index (κ2) is 14.0. The van der Waals surface area contributed by atoms with E-state index < -0.39 is 29.2 Å². The Balaban J connectivity index is 1.39. The molecule has 1 unspecified atom stereocenters. The van der Waals surface area contributed by atoms with Gasteiger partial charge < -0.3 is 15.3 Å². The maximum Gasteiger partial charge on any atom is 0.416 e. The van der Waals surface area contributed by atoms with Crippen molar-refractivity contribution in [2.24, 2.45) is 23.5 Å². The van der Waals surface area contributed by atoms with Gasteiger partial charge in [0, 0.05) is 41.6 Å². The topological polar surface area (TPSA) is 111 Å². The summed E-state index contributed by atoms with van der Waals surface area (Å²) in [5.41, 5.74) is 7.06. The normalized spacial score (nSPS) is 18.6. The number of benzene rings is 2. The van der Waals surface area contributed by atoms with Crippen LogP contribution >= 0.6 is 0 Å². The lowest BCUT2D eigenvalue weighted by atomic mass is 9.78. The molecular formula is C37H43F3N4O3. The van der Waals surface area contributed by atoms with Crippen molar-refractivity contribution in [3.63, 3.8) is 0 Å². The largest absolute Gasteiger partial charge is 0.416 e. The van der Waals surface area contributed by atoms with Gasteiger partial charge in [0.05, 0.1) is 29.5 Å². The third-order valence-corrected chi connectivity index (χ3v) is 9.59. The van der Waals surface area contributed by atoms with E-state index in [4.69, 9.17) is 5.73 Å². The van der Waals surface area contributed by atoms with Crippen LogP contribution in [0.1, 0.15) is 87.7 Å². The highest BCUT2D eigenvalue weighted by Crippen LogP contribution is 2.36. The zero-order chi connectivity index (χ0) is 33.9. The van der Waals surface area contributed by atoms with Gasteiger partial charge in [0.2, 0.25) is 0 Å². The first-order valence-corrected chi connectivity index (χ1v) is 16.3. The minimum atomic E-state index is -4.49. The molecule has 5 rings (SSSR count). The molecule has 250 valence electrons. The zero-order valence-corrected chi connectivity index (χ0v) is 27.1. The maximum absolute atomic E-state index is 14.0. The van der Waals surface area contributed by atoms with E-state index in [2.05, 4.69) is 16.9 Å². The van der Waals surface area contributed by atoms with E-state index >= 15 is 0 Å². The molecule has 4 aromatic rings. The smallest absolute Gasteiger partial charge is 0.361 e. The van der Waals surface area contributed by atoms with Crippen LogP contribution in [0.2, 0.25) is 0 Å². The Hall–Kier alpha value is -4.05. The molecule has 0 aliphatic heterocycles. The number of aromatic amines is 1. The van der Waals surface area contributed by atoms with Crippen LogP contribution in [0.25, 0.3) is 10.9 Å². The number of para-hydroxylation sites is 1. The van der Waals surface area contributed by atoms with Gasteiger partial charge in [-0.2, -0.15) is 13.2 Å². The van der Waals surface area contributed by atoms with Gasteiger partial charge in [-0.05, 0) is 74.8 Å². The molecule has 0 spiro atoms. The number of Topliss-reactive ketones (excluding diaryl/α,β-unsaturated/α-hetero) is 3. The summed E-state index contributed by atoms with van der Waals surface area (Å²) < 4.78 is 41.6. The number of hydrogen-bond acceptors (Lipinski definition) is 5. The number of nitrogens with one attached hydrogen (secondary N) is 1. The quantitative estimate of drug-likeness (QED) is 0.157. The summed E-state index contributed by atoms with van der Waals surface area (Å²) in [6.45, 7) is 5.47. The number of alkyl halides is 3. The number of H-pyrrole nitrogens is 1. The first-order valence-electron chi connectivity index (χ1n) is 16.3. The lowest BCUT2D eigenvalue weighted by molar-refractivity contribution is -0.137. The highest BCUT2D eigenvalue weighted by molar-refractivity contribution is 5.90. The summed E-state index contributed by atoms with van der Waals surface area (Å²) in [7, 11) is 0. The van der Waals surface area contributed by atoms with Gasteiger partial charge in [-0.15, -0.1) is 0 Å². The van der Waals surface area contributed by atoms with Crippen LogP contribution in [0, 0.1) is 17.8 Å². The summed E-state index contributed by atoms with van der Waals surface area (Å²) in [6, 6.07) is 11.7. The van der Waals surface area contributed by atoms with Crippen molar-refractivity contribution in [1.82, 2.24) is 14.5 Å². The van der Waals surface area contributed by atoms with Crippen LogP contribution in [0.5, 0.6) is 0 Å². The minimum absolute atomic E-state index is 0.0188. The van der Waals surface area contributed by atoms with Crippen LogP contribution in [0.15, 0.2) is 67.3 Å². The van der Waals surface area contributed by atoms with Crippen molar-refractivity contribution in [2.45, 2.75) is 89.9 Å². The highest BCUT2D eigenvalue weighted by atomic mass is 19.4. The van der Waals surface area contributed by atoms with Gasteiger partial charge in [-0.1, -0.05) is 50.1 Å². The monoisotopic (exact) mass is 648 g/mol. The number of halogens is 3. The number of carbonyl (C=O) groups is 3. The summed E-state index contributed by atoms with van der Waals surface area (Å²) in [4.78, 5) is 48.3. The fourth-order valence-electron chi connectivity index (χ4n) is 6.61. The van der Waals surface area contributed by atoms with E-state index in [0.29, 0.717) is 30.0 Å². The van der Waals surface area contributed by atoms with E-state index in [9.17, 15) is 27.6 Å². The van der Waals surface area contributed by atoms with Gasteiger partial charge in [-0.3, -0.25) is 14.4 Å². The van der Waals surface area contributed by atoms with Crippen LogP contribution in [-0.2, 0) is 33.4 Å². The van der Waals surface area contributed by atoms with Crippen LogP contribution in [-0.4, -0.2) is 37.4 Å². The number of nitrogens with zero attached hydrogens (tertiary/aromatic N) is 2. The van der Waals surface area contributed by atoms with Gasteiger partial charge in [0.25, 0.3) is 0 Å². The van der Waals surface area contributed by atoms with E-state index in [0.717, 1.165) is 54.3 Å². The summed E-state index contributed by atoms with van der Waals surface area (Å²) in [5.74, 6) is -0.460. The molecule has 2 aromatic heterocycles. The fourth-order valence-corrected chi connectivity index (χ4v) is 6.61. The van der Waals surface area contributed by atoms with Gasteiger partial charge in [-0.25, -0.2) is 4.98 Å². The Morgan fingerprint density at radius 1 is 1.02 bits per heavy atom. The highest BCUT2D eigenvalue weighted by Gasteiger charge is 2.34. The Bertz CT molecular complexity index is 1710. The molecule has 2 aromatic carbocycles. The minimum Gasteiger partial charge on any atom is -0.361 e. The average Bonchev–Trinajstić information content (AvgIpc) is 3.65. The Kier molecular flexibility index (Phi) is 10.2. The molecule has 47 heavy (non-hydrogen) atoms. The summed E-state index contributed by atoms with van der Waals surface area (Å²) in [5, 5.41) is 1.01. The van der Waals surface area contributed by atoms with Crippen LogP contribution in [0.4, 0.5) is 13.2 Å². The molecule has 0 saturated heterocycles. The van der Waals surface area contributed by atoms with E-state index in [1.54, 1.807) is 24.6 Å². The number of fused-ring (bicyclic) bond motifs is 1. The SMILES string of the molecule is CC1CCC(C(=O)C(c2ccc(C(F)(F)F)cc2)n2cnc(CC(=O)[C@H](CCC(=O)C(C)(C)N)Cc3c[nH]c4ccccc34)c2)CC1. The zero-order valence-electron chi connectivity index (χ0n) is 27.1. The molecule has 1 fully saturated rings. The van der Waals surface area contributed by atoms with Crippen LogP contribution in [0.3, 0.4) is 0 Å². The van der Waals surface area contributed by atoms with Crippen molar-refractivity contribution in [3.05, 3.63) is 89.6 Å². The van der Waals surface area contributed by atoms with Gasteiger partial charge in [0.1, 0.15) is 11.8 Å². The van der Waals surface area contributed by atoms with E-state index in [1.807, 2.05) is 30.5 Å². The first kappa shape index (κ1) is 34.3. The van der Waals surface area contributed by atoms with Crippen LogP contribution < -0.4 is 5.73 Å². The number of rotatable bonds is 13. The van der Waals surface area contributed by atoms with E-state index in [1.165, 1.54) is 18.5 Å². The molecule has 1 aliphatic carbocycles. The predicted octanol–water partition coefficient (Wildman–Crippen LogP) is 7.43. The molecule has 0 amide bonds. The number of nitrogens with two attached hydrogens (primary N) is 1. The second-order valence-corrected chi connectivity index (χ2v) is 13.8. The van der Waals surface area contributed by atoms with Crippen molar-refractivity contribution in [3.8, 4) is 0 Å². The molecule has 2 heterocycles. The Morgan fingerprint density at radius 2 is 1.70 bits per heavy atom. The fraction of sp³-hybridized carbons (Fsp3) is 0.459. The molecule has 2 atom stereocenters. The lowest BCUT2D eigenvalue weighted by Crippen LogP contribution is -2.41. The van der Waals surface area contributed by atoms with Crippen molar-refractivity contribution < 1.29 is 27.6 Å². The van der Waals surface area contributed by atoms with Gasteiger partial charge in [0.15, 0.2) is 11.6 Å². The average molecular weight is 649 g/mol. The number of hydrogen-bond donors (Lipinski definition) is 2. The van der Waals surface area contributed by atoms with E-state index in [-0.39, 0.29) is 36.1 Å². The third-order valence-electron chi connectivity index (χ3n) is 9.59. The van der Waals surface area contributed by atoms with Crippen molar-refractivity contribution in [1.29, 1.82) is 0 Å². The standard InChI is InChI=1S/C37H43F3N4O3/c1-23-8-10-25(11-9-23)35(47)34(24-12-15-28(16-13-24)37(38,39)40)44-21-29(43-22-44)19-32(45)26(14-17-33(46)36(2,3)41)18-27-20-42-31-7-5-4-6-30(27)31/h4-7,12-13,15-16,20-23,25-26,34,42H,8-11,14,17-19,41H2,1-3H3/t23?,25?,26-,34?/m1/s1.